The molecule has 0 saturated carbocycles. The first-order chi connectivity index (χ1) is 17.7. The van der Waals surface area contributed by atoms with Gasteiger partial charge in [0.25, 0.3) is 5.91 Å². The molecule has 0 aliphatic rings. The molecule has 0 aliphatic heterocycles. The average molecular weight is 486 g/mol. The number of benzene rings is 4. The number of nitrogens with zero attached hydrogens (tertiary/aromatic N) is 3. The van der Waals surface area contributed by atoms with Gasteiger partial charge in [-0.05, 0) is 47.0 Å². The van der Waals surface area contributed by atoms with Gasteiger partial charge in [-0.2, -0.15) is 0 Å². The third kappa shape index (κ3) is 4.61. The first kappa shape index (κ1) is 22.1. The Kier molecular flexibility index (Phi) is 5.98. The van der Waals surface area contributed by atoms with Crippen LogP contribution < -0.4 is 0 Å². The predicted molar refractivity (Wildman–Crippen MR) is 147 cm³/mol. The van der Waals surface area contributed by atoms with Crippen LogP contribution in [0.25, 0.3) is 32.2 Å². The van der Waals surface area contributed by atoms with Gasteiger partial charge in [-0.15, -0.1) is 11.3 Å². The number of carbonyl (C=O) groups excluding carboxylic acids is 1. The van der Waals surface area contributed by atoms with E-state index in [0.29, 0.717) is 18.7 Å². The van der Waals surface area contributed by atoms with Crippen molar-refractivity contribution in [2.45, 2.75) is 13.1 Å². The molecular formula is C31H23N3OS. The number of hydrogen-bond acceptors (Lipinski definition) is 4. The molecule has 0 atom stereocenters. The Morgan fingerprint density at radius 1 is 0.722 bits per heavy atom. The number of fused-ring (bicyclic) bond motifs is 2. The molecule has 2 heterocycles. The number of rotatable bonds is 6. The highest BCUT2D eigenvalue weighted by atomic mass is 32.1. The molecule has 0 N–H and O–H groups in total. The van der Waals surface area contributed by atoms with E-state index in [1.807, 2.05) is 77.1 Å². The van der Waals surface area contributed by atoms with E-state index in [1.54, 1.807) is 11.3 Å². The summed E-state index contributed by atoms with van der Waals surface area (Å²) < 4.78 is 1.01. The molecule has 0 saturated heterocycles. The zero-order valence-corrected chi connectivity index (χ0v) is 20.4. The molecule has 0 aliphatic carbocycles. The van der Waals surface area contributed by atoms with Crippen molar-refractivity contribution in [2.75, 3.05) is 0 Å². The Morgan fingerprint density at radius 2 is 1.50 bits per heavy atom. The number of pyridine rings is 1. The summed E-state index contributed by atoms with van der Waals surface area (Å²) in [5, 5.41) is 1.09. The van der Waals surface area contributed by atoms with Crippen molar-refractivity contribution in [2.24, 2.45) is 0 Å². The van der Waals surface area contributed by atoms with E-state index in [-0.39, 0.29) is 5.91 Å². The monoisotopic (exact) mass is 485 g/mol. The van der Waals surface area contributed by atoms with Crippen LogP contribution in [0, 0.1) is 0 Å². The fourth-order valence-electron chi connectivity index (χ4n) is 4.42. The largest absolute Gasteiger partial charge is 0.328 e. The smallest absolute Gasteiger partial charge is 0.254 e. The van der Waals surface area contributed by atoms with Crippen LogP contribution in [0.1, 0.15) is 21.6 Å². The molecule has 0 spiro atoms. The van der Waals surface area contributed by atoms with Gasteiger partial charge in [0.05, 0.1) is 33.5 Å². The maximum Gasteiger partial charge on any atom is 0.254 e. The molecule has 4 nitrogen and oxygen atoms in total. The maximum atomic E-state index is 13.8. The summed E-state index contributed by atoms with van der Waals surface area (Å²) in [6, 6.07) is 36.6. The lowest BCUT2D eigenvalue weighted by atomic mass is 10.0. The Hall–Kier alpha value is -4.35. The lowest BCUT2D eigenvalue weighted by Gasteiger charge is -2.23. The fraction of sp³-hybridized carbons (Fsp3) is 0.0645. The standard InChI is InChI=1S/C31H23N3OS/c35-31(26-15-17-29-30(18-26)36-21-32-29)34(20-27-16-14-25-8-4-5-9-28(25)33-27)19-22-10-12-24(13-11-22)23-6-2-1-3-7-23/h1-18,21H,19-20H2. The van der Waals surface area contributed by atoms with Gasteiger partial charge >= 0.3 is 0 Å². The lowest BCUT2D eigenvalue weighted by molar-refractivity contribution is 0.0728. The van der Waals surface area contributed by atoms with Gasteiger partial charge in [0.15, 0.2) is 0 Å². The number of aromatic nitrogens is 2. The molecule has 2 aromatic heterocycles. The van der Waals surface area contributed by atoms with Crippen LogP contribution in [0.15, 0.2) is 115 Å². The highest BCUT2D eigenvalue weighted by Gasteiger charge is 2.19. The van der Waals surface area contributed by atoms with Crippen molar-refractivity contribution in [3.8, 4) is 11.1 Å². The average Bonchev–Trinajstić information content (AvgIpc) is 3.41. The molecule has 36 heavy (non-hydrogen) atoms. The van der Waals surface area contributed by atoms with Crippen molar-refractivity contribution in [1.29, 1.82) is 0 Å². The third-order valence-electron chi connectivity index (χ3n) is 6.31. The third-order valence-corrected chi connectivity index (χ3v) is 7.10. The molecule has 174 valence electrons. The van der Waals surface area contributed by atoms with E-state index in [0.717, 1.165) is 37.9 Å². The topological polar surface area (TPSA) is 46.1 Å². The van der Waals surface area contributed by atoms with E-state index >= 15 is 0 Å². The summed E-state index contributed by atoms with van der Waals surface area (Å²) in [6.45, 7) is 0.911. The predicted octanol–water partition coefficient (Wildman–Crippen LogP) is 7.35. The number of para-hydroxylation sites is 1. The second-order valence-electron chi connectivity index (χ2n) is 8.75. The van der Waals surface area contributed by atoms with E-state index < -0.39 is 0 Å². The first-order valence-corrected chi connectivity index (χ1v) is 12.7. The molecule has 1 amide bonds. The number of amides is 1. The van der Waals surface area contributed by atoms with E-state index in [9.17, 15) is 4.79 Å². The van der Waals surface area contributed by atoms with Gasteiger partial charge < -0.3 is 4.90 Å². The molecule has 0 unspecified atom stereocenters. The Labute approximate surface area is 213 Å². The highest BCUT2D eigenvalue weighted by Crippen LogP contribution is 2.24. The van der Waals surface area contributed by atoms with Gasteiger partial charge in [-0.1, -0.05) is 78.9 Å². The number of hydrogen-bond donors (Lipinski definition) is 0. The van der Waals surface area contributed by atoms with Crippen LogP contribution in [0.2, 0.25) is 0 Å². The van der Waals surface area contributed by atoms with Crippen LogP contribution in [-0.2, 0) is 13.1 Å². The van der Waals surface area contributed by atoms with Gasteiger partial charge in [0, 0.05) is 17.5 Å². The quantitative estimate of drug-likeness (QED) is 0.248. The van der Waals surface area contributed by atoms with Crippen LogP contribution in [0.4, 0.5) is 0 Å². The maximum absolute atomic E-state index is 13.8. The Bertz CT molecular complexity index is 1660. The summed E-state index contributed by atoms with van der Waals surface area (Å²) in [5.41, 5.74) is 8.58. The lowest BCUT2D eigenvalue weighted by Crippen LogP contribution is -2.30. The molecule has 5 heteroatoms. The summed E-state index contributed by atoms with van der Waals surface area (Å²) in [5.74, 6) is -0.0209. The van der Waals surface area contributed by atoms with Gasteiger partial charge in [0.1, 0.15) is 0 Å². The Morgan fingerprint density at radius 3 is 2.36 bits per heavy atom. The van der Waals surface area contributed by atoms with E-state index in [4.69, 9.17) is 4.98 Å². The van der Waals surface area contributed by atoms with Gasteiger partial charge in [-0.25, -0.2) is 4.98 Å². The normalized spacial score (nSPS) is 11.1. The number of thiazole rings is 1. The molecule has 0 fully saturated rings. The Balaban J connectivity index is 1.31. The summed E-state index contributed by atoms with van der Waals surface area (Å²) in [7, 11) is 0. The molecule has 6 aromatic rings. The first-order valence-electron chi connectivity index (χ1n) is 11.8. The highest BCUT2D eigenvalue weighted by molar-refractivity contribution is 7.16. The molecule has 0 radical (unpaired) electrons. The zero-order valence-electron chi connectivity index (χ0n) is 19.5. The second-order valence-corrected chi connectivity index (χ2v) is 9.64. The second kappa shape index (κ2) is 9.72. The SMILES string of the molecule is O=C(c1ccc2ncsc2c1)N(Cc1ccc(-c2ccccc2)cc1)Cc1ccc2ccccc2n1. The minimum atomic E-state index is -0.0209. The van der Waals surface area contributed by atoms with Gasteiger partial charge in [-0.3, -0.25) is 9.78 Å². The van der Waals surface area contributed by atoms with Crippen molar-refractivity contribution in [3.05, 3.63) is 132 Å². The van der Waals surface area contributed by atoms with Gasteiger partial charge in [0.2, 0.25) is 0 Å². The summed E-state index contributed by atoms with van der Waals surface area (Å²) in [4.78, 5) is 24.8. The van der Waals surface area contributed by atoms with Crippen molar-refractivity contribution >= 4 is 38.4 Å². The molecule has 0 bridgehead atoms. The molecular weight excluding hydrogens is 462 g/mol. The van der Waals surface area contributed by atoms with Crippen molar-refractivity contribution < 1.29 is 4.79 Å². The fourth-order valence-corrected chi connectivity index (χ4v) is 5.13. The van der Waals surface area contributed by atoms with E-state index in [1.165, 1.54) is 5.56 Å². The van der Waals surface area contributed by atoms with Crippen LogP contribution in [0.5, 0.6) is 0 Å². The molecule has 6 rings (SSSR count). The number of carbonyl (C=O) groups is 1. The minimum Gasteiger partial charge on any atom is -0.328 e. The summed E-state index contributed by atoms with van der Waals surface area (Å²) >= 11 is 1.55. The minimum absolute atomic E-state index is 0.0209. The zero-order chi connectivity index (χ0) is 24.3. The summed E-state index contributed by atoms with van der Waals surface area (Å²) in [6.07, 6.45) is 0. The van der Waals surface area contributed by atoms with Crippen LogP contribution in [-0.4, -0.2) is 20.8 Å². The van der Waals surface area contributed by atoms with Crippen LogP contribution >= 0.6 is 11.3 Å². The van der Waals surface area contributed by atoms with E-state index in [2.05, 4.69) is 47.4 Å². The van der Waals surface area contributed by atoms with Crippen molar-refractivity contribution in [1.82, 2.24) is 14.9 Å². The van der Waals surface area contributed by atoms with Crippen LogP contribution in [0.3, 0.4) is 0 Å². The molecule has 4 aromatic carbocycles. The van der Waals surface area contributed by atoms with Crippen molar-refractivity contribution in [3.63, 3.8) is 0 Å².